The largest absolute Gasteiger partial charge is 0.324 e. The zero-order valence-electron chi connectivity index (χ0n) is 10.5. The number of nitrogens with two attached hydrogens (primary N) is 1. The third-order valence-electron chi connectivity index (χ3n) is 3.05. The predicted octanol–water partition coefficient (Wildman–Crippen LogP) is 4.95. The fraction of sp³-hybridized carbons (Fsp3) is 0.133. The molecule has 0 bridgehead atoms. The van der Waals surface area contributed by atoms with Crippen LogP contribution >= 0.6 is 38.9 Å². The van der Waals surface area contributed by atoms with Crippen LogP contribution in [0.15, 0.2) is 46.9 Å². The van der Waals surface area contributed by atoms with Crippen LogP contribution in [0.5, 0.6) is 0 Å². The van der Waals surface area contributed by atoms with Crippen LogP contribution < -0.4 is 5.73 Å². The Kier molecular flexibility index (Phi) is 4.08. The second-order valence-electron chi connectivity index (χ2n) is 4.59. The predicted molar refractivity (Wildman–Crippen MR) is 89.4 cm³/mol. The van der Waals surface area contributed by atoms with Crippen molar-refractivity contribution in [3.8, 4) is 0 Å². The average Bonchev–Trinajstić information content (AvgIpc) is 2.79. The van der Waals surface area contributed by atoms with E-state index in [9.17, 15) is 0 Å². The van der Waals surface area contributed by atoms with Crippen LogP contribution in [0.4, 0.5) is 0 Å². The van der Waals surface area contributed by atoms with E-state index in [-0.39, 0.29) is 6.04 Å². The molecule has 0 saturated carbocycles. The van der Waals surface area contributed by atoms with Gasteiger partial charge in [0.25, 0.3) is 0 Å². The van der Waals surface area contributed by atoms with Gasteiger partial charge in [-0.2, -0.15) is 0 Å². The van der Waals surface area contributed by atoms with Gasteiger partial charge in [0.1, 0.15) is 0 Å². The molecule has 1 unspecified atom stereocenters. The maximum Gasteiger partial charge on any atom is 0.0957 e. The number of thiazole rings is 1. The summed E-state index contributed by atoms with van der Waals surface area (Å²) >= 11 is 11.2. The van der Waals surface area contributed by atoms with E-state index in [1.165, 1.54) is 4.70 Å². The molecule has 2 N–H and O–H groups in total. The van der Waals surface area contributed by atoms with Crippen molar-refractivity contribution in [2.45, 2.75) is 12.5 Å². The summed E-state index contributed by atoms with van der Waals surface area (Å²) in [4.78, 5) is 4.62. The van der Waals surface area contributed by atoms with Crippen molar-refractivity contribution >= 4 is 49.1 Å². The van der Waals surface area contributed by atoms with Crippen LogP contribution in [-0.2, 0) is 6.42 Å². The van der Waals surface area contributed by atoms with E-state index in [1.54, 1.807) is 11.3 Å². The van der Waals surface area contributed by atoms with E-state index in [0.717, 1.165) is 20.6 Å². The Labute approximate surface area is 134 Å². The van der Waals surface area contributed by atoms with Crippen LogP contribution in [0, 0.1) is 0 Å². The molecule has 0 aliphatic heterocycles. The molecule has 3 aromatic rings. The van der Waals surface area contributed by atoms with E-state index in [0.29, 0.717) is 11.4 Å². The first-order valence-electron chi connectivity index (χ1n) is 6.18. The Hall–Kier alpha value is -0.940. The summed E-state index contributed by atoms with van der Waals surface area (Å²) in [6.45, 7) is 0. The van der Waals surface area contributed by atoms with Crippen LogP contribution in [0.2, 0.25) is 5.02 Å². The van der Waals surface area contributed by atoms with Gasteiger partial charge in [0.05, 0.1) is 15.2 Å². The zero-order valence-corrected chi connectivity index (χ0v) is 13.7. The van der Waals surface area contributed by atoms with Crippen LogP contribution in [0.25, 0.3) is 10.2 Å². The minimum absolute atomic E-state index is 0.106. The van der Waals surface area contributed by atoms with E-state index < -0.39 is 0 Å². The third-order valence-corrected chi connectivity index (χ3v) is 4.78. The van der Waals surface area contributed by atoms with Crippen LogP contribution in [0.3, 0.4) is 0 Å². The lowest BCUT2D eigenvalue weighted by molar-refractivity contribution is 0.719. The summed E-state index contributed by atoms with van der Waals surface area (Å²) in [7, 11) is 0. The Morgan fingerprint density at radius 1 is 1.25 bits per heavy atom. The molecule has 1 heterocycles. The van der Waals surface area contributed by atoms with Gasteiger partial charge in [0, 0.05) is 22.0 Å². The molecule has 2 nitrogen and oxygen atoms in total. The standard InChI is InChI=1S/C15H12BrClN2S/c16-10-5-9(6-11(17)7-10)12(18)8-15-19-13-3-1-2-4-14(13)20-15/h1-7,12H,8,18H2. The molecule has 0 radical (unpaired) electrons. The fourth-order valence-electron chi connectivity index (χ4n) is 2.10. The number of hydrogen-bond acceptors (Lipinski definition) is 3. The summed E-state index contributed by atoms with van der Waals surface area (Å²) in [5.74, 6) is 0. The molecule has 0 amide bonds. The van der Waals surface area contributed by atoms with Crippen molar-refractivity contribution in [3.05, 3.63) is 62.5 Å². The molecule has 2 aromatic carbocycles. The summed E-state index contributed by atoms with van der Waals surface area (Å²) in [6.07, 6.45) is 0.714. The number of rotatable bonds is 3. The lowest BCUT2D eigenvalue weighted by Crippen LogP contribution is -2.13. The molecule has 0 saturated heterocycles. The van der Waals surface area contributed by atoms with Crippen molar-refractivity contribution in [1.29, 1.82) is 0 Å². The summed E-state index contributed by atoms with van der Waals surface area (Å²) in [6, 6.07) is 13.8. The lowest BCUT2D eigenvalue weighted by atomic mass is 10.1. The topological polar surface area (TPSA) is 38.9 Å². The minimum atomic E-state index is -0.106. The third kappa shape index (κ3) is 3.04. The maximum atomic E-state index is 6.27. The molecule has 20 heavy (non-hydrogen) atoms. The molecule has 0 fully saturated rings. The highest BCUT2D eigenvalue weighted by molar-refractivity contribution is 9.10. The number of hydrogen-bond donors (Lipinski definition) is 1. The highest BCUT2D eigenvalue weighted by atomic mass is 79.9. The summed E-state index contributed by atoms with van der Waals surface area (Å²) < 4.78 is 2.14. The minimum Gasteiger partial charge on any atom is -0.324 e. The van der Waals surface area contributed by atoms with Crippen LogP contribution in [-0.4, -0.2) is 4.98 Å². The van der Waals surface area contributed by atoms with Crippen molar-refractivity contribution < 1.29 is 0 Å². The van der Waals surface area contributed by atoms with Gasteiger partial charge in [0.2, 0.25) is 0 Å². The van der Waals surface area contributed by atoms with Gasteiger partial charge in [-0.15, -0.1) is 11.3 Å². The van der Waals surface area contributed by atoms with Crippen molar-refractivity contribution in [1.82, 2.24) is 4.98 Å². The number of benzene rings is 2. The fourth-order valence-corrected chi connectivity index (χ4v) is 4.01. The molecule has 0 aliphatic rings. The van der Waals surface area contributed by atoms with Gasteiger partial charge >= 0.3 is 0 Å². The van der Waals surface area contributed by atoms with Crippen molar-refractivity contribution in [3.63, 3.8) is 0 Å². The number of halogens is 2. The Bertz CT molecular complexity index is 703. The van der Waals surface area contributed by atoms with Gasteiger partial charge in [-0.1, -0.05) is 39.7 Å². The molecule has 102 valence electrons. The number of fused-ring (bicyclic) bond motifs is 1. The molecule has 1 atom stereocenters. The van der Waals surface area contributed by atoms with Gasteiger partial charge in [0.15, 0.2) is 0 Å². The Morgan fingerprint density at radius 3 is 2.80 bits per heavy atom. The Balaban J connectivity index is 1.86. The highest BCUT2D eigenvalue weighted by Crippen LogP contribution is 2.28. The van der Waals surface area contributed by atoms with Gasteiger partial charge in [-0.25, -0.2) is 4.98 Å². The summed E-state index contributed by atoms with van der Waals surface area (Å²) in [5.41, 5.74) is 8.33. The second kappa shape index (κ2) is 5.82. The molecular weight excluding hydrogens is 356 g/mol. The average molecular weight is 368 g/mol. The van der Waals surface area contributed by atoms with Gasteiger partial charge in [-0.05, 0) is 35.9 Å². The van der Waals surface area contributed by atoms with Crippen molar-refractivity contribution in [2.75, 3.05) is 0 Å². The lowest BCUT2D eigenvalue weighted by Gasteiger charge is -2.11. The summed E-state index contributed by atoms with van der Waals surface area (Å²) in [5, 5.41) is 1.74. The molecule has 3 rings (SSSR count). The normalized spacial score (nSPS) is 12.8. The number of nitrogens with zero attached hydrogens (tertiary/aromatic N) is 1. The van der Waals surface area contributed by atoms with Crippen molar-refractivity contribution in [2.24, 2.45) is 5.73 Å². The van der Waals surface area contributed by atoms with E-state index in [1.807, 2.05) is 36.4 Å². The zero-order chi connectivity index (χ0) is 14.1. The van der Waals surface area contributed by atoms with E-state index in [4.69, 9.17) is 17.3 Å². The first-order valence-corrected chi connectivity index (χ1v) is 8.16. The number of para-hydroxylation sites is 1. The molecule has 0 spiro atoms. The quantitative estimate of drug-likeness (QED) is 0.711. The smallest absolute Gasteiger partial charge is 0.0957 e. The maximum absolute atomic E-state index is 6.27. The van der Waals surface area contributed by atoms with E-state index in [2.05, 4.69) is 27.0 Å². The van der Waals surface area contributed by atoms with Crippen LogP contribution in [0.1, 0.15) is 16.6 Å². The second-order valence-corrected chi connectivity index (χ2v) is 7.06. The molecule has 0 aliphatic carbocycles. The number of aromatic nitrogens is 1. The molecule has 5 heteroatoms. The first kappa shape index (κ1) is 14.0. The van der Waals surface area contributed by atoms with Gasteiger partial charge in [-0.3, -0.25) is 0 Å². The van der Waals surface area contributed by atoms with Gasteiger partial charge < -0.3 is 5.73 Å². The Morgan fingerprint density at radius 2 is 2.05 bits per heavy atom. The highest BCUT2D eigenvalue weighted by Gasteiger charge is 2.12. The SMILES string of the molecule is NC(Cc1nc2ccccc2s1)c1cc(Cl)cc(Br)c1. The van der Waals surface area contributed by atoms with E-state index >= 15 is 0 Å². The molecular formula is C15H12BrClN2S. The first-order chi connectivity index (χ1) is 9.61. The monoisotopic (exact) mass is 366 g/mol. The molecule has 1 aromatic heterocycles.